The molecule has 3 rings (SSSR count). The number of aromatic hydroxyl groups is 1. The average molecular weight is 423 g/mol. The number of rotatable bonds is 5. The predicted octanol–water partition coefficient (Wildman–Crippen LogP) is 5.06. The lowest BCUT2D eigenvalue weighted by atomic mass is 9.46. The highest BCUT2D eigenvalue weighted by atomic mass is 16.5. The molecule has 0 radical (unpaired) electrons. The van der Waals surface area contributed by atoms with Crippen LogP contribution < -0.4 is 9.47 Å². The van der Waals surface area contributed by atoms with E-state index in [9.17, 15) is 14.7 Å². The molecule has 0 heterocycles. The van der Waals surface area contributed by atoms with E-state index < -0.39 is 10.8 Å². The molecular weight excluding hydrogens is 392 g/mol. The van der Waals surface area contributed by atoms with Gasteiger partial charge in [0, 0.05) is 11.3 Å². The van der Waals surface area contributed by atoms with E-state index in [1.165, 1.54) is 14.2 Å². The number of Topliss-reactive ketones (excluding diaryl/α,β-unsaturated/α-hetero) is 2. The van der Waals surface area contributed by atoms with Crippen LogP contribution in [-0.4, -0.2) is 30.9 Å². The van der Waals surface area contributed by atoms with E-state index in [2.05, 4.69) is 6.58 Å². The van der Waals surface area contributed by atoms with Gasteiger partial charge in [-0.2, -0.15) is 0 Å². The summed E-state index contributed by atoms with van der Waals surface area (Å²) in [5, 5.41) is 10.2. The molecule has 1 N–H and O–H groups in total. The smallest absolute Gasteiger partial charge is 0.200 e. The van der Waals surface area contributed by atoms with Crippen LogP contribution in [0.2, 0.25) is 0 Å². The highest BCUT2D eigenvalue weighted by Gasteiger charge is 2.62. The SMILES string of the molecule is C=CC1=CCC2(C)C(=O)C(C)=C(C)C(=O)C2(C)C1C=Cc1cc(OC)c(O)c(OC)c1. The Morgan fingerprint density at radius 3 is 2.13 bits per heavy atom. The van der Waals surface area contributed by atoms with Gasteiger partial charge in [0.1, 0.15) is 0 Å². The topological polar surface area (TPSA) is 72.8 Å². The van der Waals surface area contributed by atoms with Gasteiger partial charge in [0.25, 0.3) is 0 Å². The van der Waals surface area contributed by atoms with Gasteiger partial charge in [-0.3, -0.25) is 9.59 Å². The molecule has 164 valence electrons. The molecule has 1 aromatic rings. The number of hydrogen-bond acceptors (Lipinski definition) is 5. The molecule has 2 aliphatic rings. The first-order valence-corrected chi connectivity index (χ1v) is 10.3. The van der Waals surface area contributed by atoms with Crippen molar-refractivity contribution in [2.75, 3.05) is 14.2 Å². The van der Waals surface area contributed by atoms with E-state index >= 15 is 0 Å². The van der Waals surface area contributed by atoms with Gasteiger partial charge < -0.3 is 14.6 Å². The third kappa shape index (κ3) is 3.14. The molecule has 31 heavy (non-hydrogen) atoms. The van der Waals surface area contributed by atoms with E-state index in [4.69, 9.17) is 9.47 Å². The predicted molar refractivity (Wildman–Crippen MR) is 121 cm³/mol. The first-order chi connectivity index (χ1) is 14.6. The molecule has 0 bridgehead atoms. The molecule has 2 aliphatic carbocycles. The van der Waals surface area contributed by atoms with Gasteiger partial charge >= 0.3 is 0 Å². The summed E-state index contributed by atoms with van der Waals surface area (Å²) in [6, 6.07) is 3.39. The lowest BCUT2D eigenvalue weighted by Gasteiger charge is -2.53. The van der Waals surface area contributed by atoms with Gasteiger partial charge in [0.2, 0.25) is 5.75 Å². The number of carbonyl (C=O) groups excluding carboxylic acids is 2. The fourth-order valence-corrected chi connectivity index (χ4v) is 4.93. The van der Waals surface area contributed by atoms with E-state index in [0.29, 0.717) is 17.6 Å². The Bertz CT molecular complexity index is 1030. The van der Waals surface area contributed by atoms with Gasteiger partial charge in [0.05, 0.1) is 19.6 Å². The summed E-state index contributed by atoms with van der Waals surface area (Å²) in [5.41, 5.74) is 0.969. The van der Waals surface area contributed by atoms with Crippen LogP contribution in [0.5, 0.6) is 17.2 Å². The zero-order chi connectivity index (χ0) is 23.1. The van der Waals surface area contributed by atoms with Crippen molar-refractivity contribution in [3.8, 4) is 17.2 Å². The van der Waals surface area contributed by atoms with Gasteiger partial charge in [-0.1, -0.05) is 44.7 Å². The van der Waals surface area contributed by atoms with E-state index in [0.717, 1.165) is 11.1 Å². The maximum absolute atomic E-state index is 13.6. The summed E-state index contributed by atoms with van der Waals surface area (Å²) < 4.78 is 10.5. The fourth-order valence-electron chi connectivity index (χ4n) is 4.93. The highest BCUT2D eigenvalue weighted by Crippen LogP contribution is 2.59. The maximum Gasteiger partial charge on any atom is 0.200 e. The number of phenolic OH excluding ortho intramolecular Hbond substituents is 1. The molecule has 5 heteroatoms. The van der Waals surface area contributed by atoms with Crippen molar-refractivity contribution in [3.05, 3.63) is 59.2 Å². The van der Waals surface area contributed by atoms with Crippen molar-refractivity contribution >= 4 is 17.6 Å². The molecule has 0 aromatic heterocycles. The van der Waals surface area contributed by atoms with Crippen molar-refractivity contribution in [2.45, 2.75) is 34.1 Å². The van der Waals surface area contributed by atoms with Gasteiger partial charge in [0.15, 0.2) is 23.1 Å². The van der Waals surface area contributed by atoms with Gasteiger partial charge in [-0.15, -0.1) is 0 Å². The Morgan fingerprint density at radius 2 is 1.61 bits per heavy atom. The molecule has 0 fully saturated rings. The molecule has 0 aliphatic heterocycles. The molecular formula is C26H30O5. The molecule has 0 saturated heterocycles. The minimum Gasteiger partial charge on any atom is -0.502 e. The van der Waals surface area contributed by atoms with Crippen LogP contribution in [0.25, 0.3) is 6.08 Å². The molecule has 0 amide bonds. The van der Waals surface area contributed by atoms with Gasteiger partial charge in [-0.05, 0) is 54.7 Å². The maximum atomic E-state index is 13.6. The van der Waals surface area contributed by atoms with Crippen molar-refractivity contribution < 1.29 is 24.2 Å². The second-order valence-electron chi connectivity index (χ2n) is 8.67. The number of benzene rings is 1. The van der Waals surface area contributed by atoms with Crippen molar-refractivity contribution in [3.63, 3.8) is 0 Å². The van der Waals surface area contributed by atoms with E-state index in [1.54, 1.807) is 32.1 Å². The lowest BCUT2D eigenvalue weighted by molar-refractivity contribution is -0.148. The van der Waals surface area contributed by atoms with Crippen LogP contribution in [0.3, 0.4) is 0 Å². The number of carbonyl (C=O) groups is 2. The summed E-state index contributed by atoms with van der Waals surface area (Å²) in [6.07, 6.45) is 8.07. The summed E-state index contributed by atoms with van der Waals surface area (Å²) in [6.45, 7) is 11.2. The minimum atomic E-state index is -0.937. The Hall–Kier alpha value is -3.08. The number of allylic oxidation sites excluding steroid dienone is 6. The third-order valence-corrected chi connectivity index (χ3v) is 7.31. The van der Waals surface area contributed by atoms with Crippen molar-refractivity contribution in [2.24, 2.45) is 16.7 Å². The van der Waals surface area contributed by atoms with E-state index in [1.807, 2.05) is 32.1 Å². The number of hydrogen-bond donors (Lipinski definition) is 1. The summed E-state index contributed by atoms with van der Waals surface area (Å²) in [4.78, 5) is 26.9. The first-order valence-electron chi connectivity index (χ1n) is 10.3. The summed E-state index contributed by atoms with van der Waals surface area (Å²) in [7, 11) is 2.94. The van der Waals surface area contributed by atoms with Crippen LogP contribution in [0.4, 0.5) is 0 Å². The number of methoxy groups -OCH3 is 2. The second kappa shape index (κ2) is 7.88. The third-order valence-electron chi connectivity index (χ3n) is 7.31. The second-order valence-corrected chi connectivity index (χ2v) is 8.67. The Labute approximate surface area is 183 Å². The average Bonchev–Trinajstić information content (AvgIpc) is 2.77. The Kier molecular flexibility index (Phi) is 5.74. The van der Waals surface area contributed by atoms with Crippen LogP contribution in [0.1, 0.15) is 39.7 Å². The number of ketones is 2. The van der Waals surface area contributed by atoms with Gasteiger partial charge in [-0.25, -0.2) is 0 Å². The number of fused-ring (bicyclic) bond motifs is 1. The van der Waals surface area contributed by atoms with Crippen LogP contribution in [0, 0.1) is 16.7 Å². The Balaban J connectivity index is 2.16. The monoisotopic (exact) mass is 422 g/mol. The zero-order valence-corrected chi connectivity index (χ0v) is 19.0. The molecule has 5 nitrogen and oxygen atoms in total. The van der Waals surface area contributed by atoms with E-state index in [-0.39, 0.29) is 34.7 Å². The molecule has 1 aromatic carbocycles. The minimum absolute atomic E-state index is 0.00457. The van der Waals surface area contributed by atoms with Crippen LogP contribution in [0.15, 0.2) is 53.7 Å². The molecule has 0 saturated carbocycles. The number of ether oxygens (including phenoxy) is 2. The van der Waals surface area contributed by atoms with Crippen molar-refractivity contribution in [1.29, 1.82) is 0 Å². The number of phenols is 1. The standard InChI is InChI=1S/C26H30O5/c1-8-18-11-12-25(4)23(28)15(2)16(3)24(29)26(25,5)19(18)10-9-17-13-20(30-6)22(27)21(14-17)31-7/h8-11,13-14,19,27H,1,12H2,2-7H3. The lowest BCUT2D eigenvalue weighted by Crippen LogP contribution is -2.58. The summed E-state index contributed by atoms with van der Waals surface area (Å²) >= 11 is 0. The molecule has 0 spiro atoms. The zero-order valence-electron chi connectivity index (χ0n) is 19.0. The molecule has 3 atom stereocenters. The quantitative estimate of drug-likeness (QED) is 0.718. The van der Waals surface area contributed by atoms with Crippen LogP contribution in [-0.2, 0) is 9.59 Å². The summed E-state index contributed by atoms with van der Waals surface area (Å²) in [5.74, 6) is 0.185. The highest BCUT2D eigenvalue weighted by molar-refractivity contribution is 6.17. The first kappa shape index (κ1) is 22.6. The Morgan fingerprint density at radius 1 is 1.06 bits per heavy atom. The van der Waals surface area contributed by atoms with Crippen molar-refractivity contribution in [1.82, 2.24) is 0 Å². The fraction of sp³-hybridized carbons (Fsp3) is 0.385. The molecule has 3 unspecified atom stereocenters. The normalized spacial score (nSPS) is 28.5. The van der Waals surface area contributed by atoms with Crippen LogP contribution >= 0.6 is 0 Å². The largest absolute Gasteiger partial charge is 0.502 e.